The van der Waals surface area contributed by atoms with Crippen molar-refractivity contribution in [3.63, 3.8) is 0 Å². The Labute approximate surface area is 85.3 Å². The lowest BCUT2D eigenvalue weighted by Gasteiger charge is -2.17. The summed E-state index contributed by atoms with van der Waals surface area (Å²) in [4.78, 5) is 0. The number of hydrogen-bond donors (Lipinski definition) is 2. The first kappa shape index (κ1) is 11.9. The van der Waals surface area contributed by atoms with E-state index in [2.05, 4.69) is 4.72 Å². The van der Waals surface area contributed by atoms with Crippen LogP contribution in [0.2, 0.25) is 0 Å². The average molecular weight is 222 g/mol. The summed E-state index contributed by atoms with van der Waals surface area (Å²) in [5.74, 6) is 0. The fourth-order valence-electron chi connectivity index (χ4n) is 0.991. The summed E-state index contributed by atoms with van der Waals surface area (Å²) in [6.07, 6.45) is 1.86. The summed E-state index contributed by atoms with van der Waals surface area (Å²) in [7, 11) is -1.80. The maximum Gasteiger partial charge on any atom is 0.279 e. The van der Waals surface area contributed by atoms with Gasteiger partial charge in [0, 0.05) is 19.6 Å². The molecule has 0 bridgehead atoms. The highest BCUT2D eigenvalue weighted by atomic mass is 32.2. The smallest absolute Gasteiger partial charge is 0.279 e. The molecule has 0 aromatic heterocycles. The van der Waals surface area contributed by atoms with Crippen LogP contribution in [-0.2, 0) is 10.2 Å². The van der Waals surface area contributed by atoms with Crippen LogP contribution in [-0.4, -0.2) is 43.6 Å². The number of rotatable bonds is 6. The first-order valence-electron chi connectivity index (χ1n) is 4.83. The second kappa shape index (κ2) is 4.57. The molecule has 0 heterocycles. The minimum Gasteiger partial charge on any atom is -0.393 e. The molecule has 6 heteroatoms. The van der Waals surface area contributed by atoms with Crippen molar-refractivity contribution >= 4 is 10.2 Å². The van der Waals surface area contributed by atoms with Crippen molar-refractivity contribution in [3.05, 3.63) is 0 Å². The van der Waals surface area contributed by atoms with Crippen molar-refractivity contribution in [2.75, 3.05) is 13.6 Å². The molecule has 0 aliphatic heterocycles. The van der Waals surface area contributed by atoms with Gasteiger partial charge in [0.2, 0.25) is 0 Å². The summed E-state index contributed by atoms with van der Waals surface area (Å²) in [6, 6.07) is 0.133. The average Bonchev–Trinajstić information content (AvgIpc) is 2.82. The molecule has 84 valence electrons. The molecule has 0 amide bonds. The van der Waals surface area contributed by atoms with Gasteiger partial charge in [0.25, 0.3) is 10.2 Å². The van der Waals surface area contributed by atoms with Crippen molar-refractivity contribution in [1.82, 2.24) is 9.03 Å². The Morgan fingerprint density at radius 3 is 2.57 bits per heavy atom. The third-order valence-electron chi connectivity index (χ3n) is 2.17. The number of nitrogens with one attached hydrogen (secondary N) is 1. The van der Waals surface area contributed by atoms with E-state index < -0.39 is 16.3 Å². The largest absolute Gasteiger partial charge is 0.393 e. The van der Waals surface area contributed by atoms with Crippen molar-refractivity contribution in [3.8, 4) is 0 Å². The lowest BCUT2D eigenvalue weighted by Crippen LogP contribution is -2.40. The van der Waals surface area contributed by atoms with Crippen LogP contribution in [0, 0.1) is 0 Å². The molecule has 0 aromatic carbocycles. The molecule has 2 N–H and O–H groups in total. The van der Waals surface area contributed by atoms with Crippen molar-refractivity contribution < 1.29 is 13.5 Å². The van der Waals surface area contributed by atoms with Crippen LogP contribution < -0.4 is 4.72 Å². The Morgan fingerprint density at radius 1 is 1.57 bits per heavy atom. The molecule has 0 saturated heterocycles. The van der Waals surface area contributed by atoms with E-state index in [4.69, 9.17) is 5.11 Å². The van der Waals surface area contributed by atoms with E-state index >= 15 is 0 Å². The van der Waals surface area contributed by atoms with Gasteiger partial charge in [0.05, 0.1) is 6.10 Å². The molecule has 1 fully saturated rings. The first-order chi connectivity index (χ1) is 6.42. The monoisotopic (exact) mass is 222 g/mol. The van der Waals surface area contributed by atoms with Crippen LogP contribution in [0.1, 0.15) is 26.2 Å². The molecule has 1 saturated carbocycles. The van der Waals surface area contributed by atoms with E-state index in [1.807, 2.05) is 0 Å². The van der Waals surface area contributed by atoms with Crippen molar-refractivity contribution in [1.29, 1.82) is 0 Å². The lowest BCUT2D eigenvalue weighted by atomic mass is 10.3. The van der Waals surface area contributed by atoms with Crippen molar-refractivity contribution in [2.45, 2.75) is 38.3 Å². The first-order valence-corrected chi connectivity index (χ1v) is 6.27. The van der Waals surface area contributed by atoms with Crippen LogP contribution >= 0.6 is 0 Å². The van der Waals surface area contributed by atoms with E-state index in [0.717, 1.165) is 12.8 Å². The van der Waals surface area contributed by atoms with Gasteiger partial charge in [-0.2, -0.15) is 17.4 Å². The minimum absolute atomic E-state index is 0.133. The molecular weight excluding hydrogens is 204 g/mol. The highest BCUT2D eigenvalue weighted by Gasteiger charge is 2.29. The molecule has 5 nitrogen and oxygen atoms in total. The number of hydrogen-bond acceptors (Lipinski definition) is 3. The SMILES string of the molecule is CC(O)CCN(C)S(=O)(=O)NC1CC1. The molecule has 1 unspecified atom stereocenters. The van der Waals surface area contributed by atoms with Gasteiger partial charge in [-0.3, -0.25) is 0 Å². The Morgan fingerprint density at radius 2 is 2.14 bits per heavy atom. The molecule has 0 aromatic rings. The van der Waals surface area contributed by atoms with E-state index in [-0.39, 0.29) is 6.04 Å². The lowest BCUT2D eigenvalue weighted by molar-refractivity contribution is 0.177. The predicted molar refractivity (Wildman–Crippen MR) is 54.0 cm³/mol. The molecule has 1 aliphatic rings. The molecule has 0 radical (unpaired) electrons. The van der Waals surface area contributed by atoms with Gasteiger partial charge in [-0.15, -0.1) is 0 Å². The van der Waals surface area contributed by atoms with E-state index in [1.54, 1.807) is 6.92 Å². The van der Waals surface area contributed by atoms with E-state index in [0.29, 0.717) is 13.0 Å². The zero-order chi connectivity index (χ0) is 10.8. The second-order valence-electron chi connectivity index (χ2n) is 3.86. The normalized spacial score (nSPS) is 20.0. The summed E-state index contributed by atoms with van der Waals surface area (Å²) < 4.78 is 26.9. The van der Waals surface area contributed by atoms with E-state index in [9.17, 15) is 8.42 Å². The Balaban J connectivity index is 2.36. The summed E-state index contributed by atoms with van der Waals surface area (Å²) >= 11 is 0. The van der Waals surface area contributed by atoms with Gasteiger partial charge in [-0.05, 0) is 26.2 Å². The van der Waals surface area contributed by atoms with Crippen LogP contribution in [0.3, 0.4) is 0 Å². The Bertz CT molecular complexity index is 272. The molecule has 14 heavy (non-hydrogen) atoms. The van der Waals surface area contributed by atoms with Crippen LogP contribution in [0.4, 0.5) is 0 Å². The highest BCUT2D eigenvalue weighted by molar-refractivity contribution is 7.87. The standard InChI is InChI=1S/C8H18N2O3S/c1-7(11)5-6-10(2)14(12,13)9-8-3-4-8/h7-9,11H,3-6H2,1-2H3. The topological polar surface area (TPSA) is 69.6 Å². The second-order valence-corrected chi connectivity index (χ2v) is 5.67. The van der Waals surface area contributed by atoms with Gasteiger partial charge in [0.15, 0.2) is 0 Å². The van der Waals surface area contributed by atoms with Gasteiger partial charge >= 0.3 is 0 Å². The third kappa shape index (κ3) is 3.91. The molecule has 0 spiro atoms. The van der Waals surface area contributed by atoms with Crippen molar-refractivity contribution in [2.24, 2.45) is 0 Å². The molecule has 1 rings (SSSR count). The fraction of sp³-hybridized carbons (Fsp3) is 1.00. The molecular formula is C8H18N2O3S. The molecule has 1 atom stereocenters. The zero-order valence-electron chi connectivity index (χ0n) is 8.60. The maximum atomic E-state index is 11.5. The van der Waals surface area contributed by atoms with Gasteiger partial charge in [-0.25, -0.2) is 0 Å². The number of nitrogens with zero attached hydrogens (tertiary/aromatic N) is 1. The fourth-order valence-corrected chi connectivity index (χ4v) is 2.17. The van der Waals surface area contributed by atoms with Gasteiger partial charge in [-0.1, -0.05) is 0 Å². The Kier molecular flexibility index (Phi) is 3.88. The number of aliphatic hydroxyl groups is 1. The van der Waals surface area contributed by atoms with Crippen LogP contribution in [0.25, 0.3) is 0 Å². The van der Waals surface area contributed by atoms with Crippen LogP contribution in [0.15, 0.2) is 0 Å². The number of aliphatic hydroxyl groups excluding tert-OH is 1. The zero-order valence-corrected chi connectivity index (χ0v) is 9.42. The Hall–Kier alpha value is -0.170. The third-order valence-corrected chi connectivity index (χ3v) is 3.80. The van der Waals surface area contributed by atoms with E-state index in [1.165, 1.54) is 11.4 Å². The van der Waals surface area contributed by atoms with Gasteiger partial charge in [0.1, 0.15) is 0 Å². The van der Waals surface area contributed by atoms with Crippen LogP contribution in [0.5, 0.6) is 0 Å². The predicted octanol–water partition coefficient (Wildman–Crippen LogP) is -0.314. The summed E-state index contributed by atoms with van der Waals surface area (Å²) in [6.45, 7) is 1.99. The minimum atomic E-state index is -3.32. The molecule has 1 aliphatic carbocycles. The maximum absolute atomic E-state index is 11.5. The van der Waals surface area contributed by atoms with Gasteiger partial charge < -0.3 is 5.11 Å². The quantitative estimate of drug-likeness (QED) is 0.647. The highest BCUT2D eigenvalue weighted by Crippen LogP contribution is 2.20. The summed E-state index contributed by atoms with van der Waals surface area (Å²) in [5.41, 5.74) is 0. The summed E-state index contributed by atoms with van der Waals surface area (Å²) in [5, 5.41) is 9.02.